The van der Waals surface area contributed by atoms with Gasteiger partial charge in [-0.05, 0) is 55.2 Å². The molecule has 1 fully saturated rings. The lowest BCUT2D eigenvalue weighted by atomic mass is 10.1. The van der Waals surface area contributed by atoms with Gasteiger partial charge in [-0.25, -0.2) is 17.6 Å². The van der Waals surface area contributed by atoms with E-state index in [1.807, 2.05) is 0 Å². The van der Waals surface area contributed by atoms with Gasteiger partial charge in [-0.3, -0.25) is 4.79 Å². The molecule has 172 valence electrons. The second-order valence-corrected chi connectivity index (χ2v) is 9.72. The van der Waals surface area contributed by atoms with E-state index in [4.69, 9.17) is 4.74 Å². The normalized spacial score (nSPS) is 15.1. The van der Waals surface area contributed by atoms with E-state index >= 15 is 0 Å². The van der Waals surface area contributed by atoms with Crippen LogP contribution in [0.25, 0.3) is 0 Å². The van der Waals surface area contributed by atoms with Crippen LogP contribution in [0.2, 0.25) is 0 Å². The maximum atomic E-state index is 13.6. The van der Waals surface area contributed by atoms with E-state index in [0.717, 1.165) is 25.7 Å². The van der Waals surface area contributed by atoms with Crippen molar-refractivity contribution in [1.82, 2.24) is 9.62 Å². The SMILES string of the molecule is Cc1ccc(CNC(=O)COC(=O)c2cccc(S(=O)(=O)N3CCCCCC3)c2)cc1F. The molecule has 9 heteroatoms. The number of hydrogen-bond acceptors (Lipinski definition) is 5. The number of nitrogens with zero attached hydrogens (tertiary/aromatic N) is 1. The van der Waals surface area contributed by atoms with Gasteiger partial charge in [0.15, 0.2) is 6.61 Å². The fourth-order valence-electron chi connectivity index (χ4n) is 3.43. The molecule has 1 aliphatic rings. The zero-order chi connectivity index (χ0) is 23.1. The second-order valence-electron chi connectivity index (χ2n) is 7.78. The van der Waals surface area contributed by atoms with Crippen molar-refractivity contribution in [3.63, 3.8) is 0 Å². The molecule has 0 aromatic heterocycles. The van der Waals surface area contributed by atoms with Gasteiger partial charge < -0.3 is 10.1 Å². The number of carbonyl (C=O) groups is 2. The number of halogens is 1. The van der Waals surface area contributed by atoms with Gasteiger partial charge in [0.1, 0.15) is 5.82 Å². The van der Waals surface area contributed by atoms with Crippen LogP contribution in [0.3, 0.4) is 0 Å². The van der Waals surface area contributed by atoms with Crippen LogP contribution in [-0.4, -0.2) is 44.3 Å². The lowest BCUT2D eigenvalue weighted by Crippen LogP contribution is -2.32. The Kier molecular flexibility index (Phi) is 7.98. The molecule has 0 aliphatic carbocycles. The highest BCUT2D eigenvalue weighted by Crippen LogP contribution is 2.21. The number of carbonyl (C=O) groups excluding carboxylic acids is 2. The molecule has 0 bridgehead atoms. The van der Waals surface area contributed by atoms with Crippen molar-refractivity contribution < 1.29 is 27.1 Å². The maximum Gasteiger partial charge on any atom is 0.338 e. The van der Waals surface area contributed by atoms with Crippen LogP contribution in [-0.2, 0) is 26.1 Å². The third-order valence-corrected chi connectivity index (χ3v) is 7.23. The largest absolute Gasteiger partial charge is 0.452 e. The molecule has 0 saturated carbocycles. The predicted molar refractivity (Wildman–Crippen MR) is 117 cm³/mol. The van der Waals surface area contributed by atoms with Crippen molar-refractivity contribution in [3.05, 3.63) is 65.0 Å². The van der Waals surface area contributed by atoms with Crippen molar-refractivity contribution in [2.24, 2.45) is 0 Å². The Balaban J connectivity index is 1.57. The van der Waals surface area contributed by atoms with E-state index in [0.29, 0.717) is 24.2 Å². The number of aryl methyl sites for hydroxylation is 1. The summed E-state index contributed by atoms with van der Waals surface area (Å²) in [4.78, 5) is 24.4. The summed E-state index contributed by atoms with van der Waals surface area (Å²) in [6, 6.07) is 10.3. The summed E-state index contributed by atoms with van der Waals surface area (Å²) in [5, 5.41) is 2.55. The number of rotatable bonds is 7. The number of esters is 1. The molecule has 2 aromatic carbocycles. The Bertz CT molecular complexity index is 1080. The second kappa shape index (κ2) is 10.7. The fourth-order valence-corrected chi connectivity index (χ4v) is 4.99. The third kappa shape index (κ3) is 6.14. The lowest BCUT2D eigenvalue weighted by Gasteiger charge is -2.20. The highest BCUT2D eigenvalue weighted by molar-refractivity contribution is 7.89. The lowest BCUT2D eigenvalue weighted by molar-refractivity contribution is -0.124. The van der Waals surface area contributed by atoms with Crippen LogP contribution < -0.4 is 5.32 Å². The predicted octanol–water partition coefficient (Wildman–Crippen LogP) is 3.17. The Labute approximate surface area is 187 Å². The summed E-state index contributed by atoms with van der Waals surface area (Å²) < 4.78 is 45.9. The Morgan fingerprint density at radius 3 is 2.47 bits per heavy atom. The van der Waals surface area contributed by atoms with E-state index in [-0.39, 0.29) is 22.8 Å². The molecule has 1 heterocycles. The molecular weight excluding hydrogens is 435 g/mol. The number of benzene rings is 2. The molecule has 0 unspecified atom stereocenters. The van der Waals surface area contributed by atoms with Crippen LogP contribution >= 0.6 is 0 Å². The van der Waals surface area contributed by atoms with Crippen LogP contribution in [0.15, 0.2) is 47.4 Å². The Morgan fingerprint density at radius 1 is 1.06 bits per heavy atom. The zero-order valence-corrected chi connectivity index (χ0v) is 18.8. The van der Waals surface area contributed by atoms with E-state index in [1.165, 1.54) is 34.6 Å². The van der Waals surface area contributed by atoms with Gasteiger partial charge in [0.05, 0.1) is 10.5 Å². The fraction of sp³-hybridized carbons (Fsp3) is 0.391. The van der Waals surface area contributed by atoms with Crippen molar-refractivity contribution in [1.29, 1.82) is 0 Å². The number of sulfonamides is 1. The molecule has 1 amide bonds. The minimum absolute atomic E-state index is 0.0275. The van der Waals surface area contributed by atoms with E-state index in [9.17, 15) is 22.4 Å². The molecule has 0 atom stereocenters. The van der Waals surface area contributed by atoms with Gasteiger partial charge in [0, 0.05) is 19.6 Å². The summed E-state index contributed by atoms with van der Waals surface area (Å²) in [6.45, 7) is 2.13. The molecule has 0 radical (unpaired) electrons. The standard InChI is InChI=1S/C23H27FN2O5S/c1-17-9-10-18(13-21(17)24)15-25-22(27)16-31-23(28)19-7-6-8-20(14-19)32(29,30)26-11-4-2-3-5-12-26/h6-10,13-14H,2-5,11-12,15-16H2,1H3,(H,25,27). The Hall–Kier alpha value is -2.78. The van der Waals surface area contributed by atoms with Crippen molar-refractivity contribution in [3.8, 4) is 0 Å². The van der Waals surface area contributed by atoms with Crippen LogP contribution in [0.1, 0.15) is 47.2 Å². The molecule has 1 saturated heterocycles. The van der Waals surface area contributed by atoms with Gasteiger partial charge in [0.25, 0.3) is 5.91 Å². The van der Waals surface area contributed by atoms with Gasteiger partial charge in [-0.15, -0.1) is 0 Å². The molecule has 32 heavy (non-hydrogen) atoms. The smallest absolute Gasteiger partial charge is 0.338 e. The van der Waals surface area contributed by atoms with E-state index in [1.54, 1.807) is 19.1 Å². The third-order valence-electron chi connectivity index (χ3n) is 5.33. The molecule has 1 N–H and O–H groups in total. The molecule has 0 spiro atoms. The monoisotopic (exact) mass is 462 g/mol. The topological polar surface area (TPSA) is 92.8 Å². The summed E-state index contributed by atoms with van der Waals surface area (Å²) in [5.74, 6) is -1.71. The molecule has 2 aromatic rings. The van der Waals surface area contributed by atoms with Crippen LogP contribution in [0, 0.1) is 12.7 Å². The highest BCUT2D eigenvalue weighted by Gasteiger charge is 2.26. The van der Waals surface area contributed by atoms with Gasteiger partial charge in [0.2, 0.25) is 10.0 Å². The average Bonchev–Trinajstić information content (AvgIpc) is 3.08. The summed E-state index contributed by atoms with van der Waals surface area (Å²) in [5.41, 5.74) is 1.14. The van der Waals surface area contributed by atoms with E-state index < -0.39 is 28.5 Å². The van der Waals surface area contributed by atoms with Gasteiger partial charge in [-0.2, -0.15) is 4.31 Å². The first-order valence-corrected chi connectivity index (χ1v) is 12.0. The summed E-state index contributed by atoms with van der Waals surface area (Å²) in [7, 11) is -3.70. The zero-order valence-electron chi connectivity index (χ0n) is 18.0. The number of hydrogen-bond donors (Lipinski definition) is 1. The molecule has 1 aliphatic heterocycles. The highest BCUT2D eigenvalue weighted by atomic mass is 32.2. The first-order valence-electron chi connectivity index (χ1n) is 10.6. The molecule has 7 nitrogen and oxygen atoms in total. The summed E-state index contributed by atoms with van der Waals surface area (Å²) >= 11 is 0. The molecule has 3 rings (SSSR count). The summed E-state index contributed by atoms with van der Waals surface area (Å²) in [6.07, 6.45) is 3.62. The van der Waals surface area contributed by atoms with Crippen molar-refractivity contribution in [2.75, 3.05) is 19.7 Å². The van der Waals surface area contributed by atoms with Gasteiger partial charge in [-0.1, -0.05) is 31.0 Å². The minimum Gasteiger partial charge on any atom is -0.452 e. The first-order chi connectivity index (χ1) is 15.3. The minimum atomic E-state index is -3.70. The Morgan fingerprint density at radius 2 is 1.78 bits per heavy atom. The van der Waals surface area contributed by atoms with E-state index in [2.05, 4.69) is 5.32 Å². The van der Waals surface area contributed by atoms with Crippen LogP contribution in [0.4, 0.5) is 4.39 Å². The maximum absolute atomic E-state index is 13.6. The quantitative estimate of drug-likeness (QED) is 0.638. The first kappa shape index (κ1) is 23.9. The van der Waals surface area contributed by atoms with Gasteiger partial charge >= 0.3 is 5.97 Å². The number of nitrogens with one attached hydrogen (secondary N) is 1. The average molecular weight is 463 g/mol. The van der Waals surface area contributed by atoms with Crippen molar-refractivity contribution >= 4 is 21.9 Å². The molecular formula is C23H27FN2O5S. The van der Waals surface area contributed by atoms with Crippen molar-refractivity contribution in [2.45, 2.75) is 44.0 Å². The number of amides is 1. The van der Waals surface area contributed by atoms with Crippen LogP contribution in [0.5, 0.6) is 0 Å². The number of ether oxygens (including phenoxy) is 1.